The van der Waals surface area contributed by atoms with E-state index in [4.69, 9.17) is 46.8 Å². The first kappa shape index (κ1) is 52.0. The average Bonchev–Trinajstić information content (AvgIpc) is 3.94. The molecule has 9 atom stereocenters. The summed E-state index contributed by atoms with van der Waals surface area (Å²) in [4.78, 5) is 55.6. The highest BCUT2D eigenvalue weighted by Gasteiger charge is 2.46. The minimum atomic E-state index is -3.81. The van der Waals surface area contributed by atoms with Crippen molar-refractivity contribution in [1.29, 1.82) is 10.5 Å². The number of aromatic nitrogens is 4. The molecule has 2 aliphatic heterocycles. The molecule has 0 bridgehead atoms. The van der Waals surface area contributed by atoms with Gasteiger partial charge in [0.2, 0.25) is 0 Å². The summed E-state index contributed by atoms with van der Waals surface area (Å²) >= 11 is 0. The Bertz CT molecular complexity index is 2950. The van der Waals surface area contributed by atoms with Crippen LogP contribution < -0.4 is 27.2 Å². The highest BCUT2D eigenvalue weighted by Crippen LogP contribution is 2.51. The van der Waals surface area contributed by atoms with E-state index in [1.807, 2.05) is 97.9 Å². The topological polar surface area (TPSA) is 257 Å². The lowest BCUT2D eigenvalue weighted by molar-refractivity contribution is -0.0939. The van der Waals surface area contributed by atoms with Gasteiger partial charge < -0.3 is 41.6 Å². The standard InChI is InChI=1S/C48H54N6O14P2/c1-31-13-15-35(16-14-31)48(34-11-7-6-8-12-34,36-17-19-37(60-4)20-18-36)61-29-40-38(25-42(65-40)53-27-32(2)44(55)51-46(53)57)67-69(62-23-9-21-49)63-30-41-39(68-70(5,59)64-24-10-22-50)26-43(66-41)54-28-33(3)45(56)52-47(54)58/h6-8,11-20,27-28,38-43H,9-10,23-26,29-30H2,1-5H3,(H,51,55,57)(H,52,56,58)/t38?,39?,40-,41-,42-,43-,48?,69?,70?/m1/s1. The molecule has 0 spiro atoms. The number of nitriles is 2. The van der Waals surface area contributed by atoms with Crippen molar-refractivity contribution in [2.75, 3.05) is 40.2 Å². The van der Waals surface area contributed by atoms with Crippen molar-refractivity contribution in [2.45, 2.75) is 88.9 Å². The molecule has 3 aromatic carbocycles. The third-order valence-corrected chi connectivity index (χ3v) is 14.2. The number of methoxy groups -OCH3 is 1. The quantitative estimate of drug-likeness (QED) is 0.0438. The van der Waals surface area contributed by atoms with Crippen LogP contribution in [0.5, 0.6) is 5.75 Å². The smallest absolute Gasteiger partial charge is 0.333 e. The Morgan fingerprint density at radius 1 is 0.729 bits per heavy atom. The first-order chi connectivity index (χ1) is 33.6. The SMILES string of the molecule is COc1ccc(C(OC[C@H]2O[C@@H](n3cc(C)c(=O)[nH]c3=O)CC2OP(OCCC#N)OC[C@H]2O[C@@H](n3cc(C)c(=O)[nH]c3=O)CC2OP(C)(=O)OCCC#N)(c2ccccc2)c2ccc(C)cc2)cc1. The van der Waals surface area contributed by atoms with Gasteiger partial charge in [-0.1, -0.05) is 72.3 Å². The molecule has 20 nitrogen and oxygen atoms in total. The fraction of sp³-hybridized carbons (Fsp3) is 0.417. The van der Waals surface area contributed by atoms with Gasteiger partial charge in [-0.2, -0.15) is 10.5 Å². The van der Waals surface area contributed by atoms with E-state index >= 15 is 0 Å². The molecule has 5 aromatic rings. The highest BCUT2D eigenvalue weighted by atomic mass is 31.2. The van der Waals surface area contributed by atoms with Crippen molar-refractivity contribution < 1.29 is 46.1 Å². The van der Waals surface area contributed by atoms with Crippen LogP contribution in [-0.4, -0.2) is 83.7 Å². The molecule has 2 aromatic heterocycles. The maximum atomic E-state index is 13.5. The maximum absolute atomic E-state index is 13.5. The zero-order valence-corrected chi connectivity index (χ0v) is 41.0. The summed E-state index contributed by atoms with van der Waals surface area (Å²) in [6.07, 6.45) is -3.21. The monoisotopic (exact) mass is 1000 g/mol. The van der Waals surface area contributed by atoms with E-state index in [9.17, 15) is 29.0 Å². The van der Waals surface area contributed by atoms with Crippen molar-refractivity contribution in [1.82, 2.24) is 19.1 Å². The van der Waals surface area contributed by atoms with Gasteiger partial charge in [-0.05, 0) is 49.6 Å². The van der Waals surface area contributed by atoms with E-state index < -0.39 is 81.2 Å². The molecule has 4 heterocycles. The average molecular weight is 1000 g/mol. The highest BCUT2D eigenvalue weighted by molar-refractivity contribution is 7.53. The minimum Gasteiger partial charge on any atom is -0.497 e. The Hall–Kier alpha value is -5.86. The molecule has 2 saturated heterocycles. The third kappa shape index (κ3) is 12.4. The van der Waals surface area contributed by atoms with Crippen LogP contribution >= 0.6 is 16.2 Å². The number of aryl methyl sites for hydroxylation is 3. The lowest BCUT2D eigenvalue weighted by atomic mass is 9.79. The van der Waals surface area contributed by atoms with Gasteiger partial charge >= 0.3 is 27.6 Å². The molecular formula is C48H54N6O14P2. The number of aromatic amines is 2. The number of hydrogen-bond acceptors (Lipinski definition) is 16. The number of ether oxygens (including phenoxy) is 4. The van der Waals surface area contributed by atoms with Crippen molar-refractivity contribution in [2.24, 2.45) is 0 Å². The van der Waals surface area contributed by atoms with Crippen LogP contribution in [0.4, 0.5) is 0 Å². The van der Waals surface area contributed by atoms with E-state index in [1.165, 1.54) is 35.1 Å². The zero-order valence-electron chi connectivity index (χ0n) is 39.2. The maximum Gasteiger partial charge on any atom is 0.333 e. The van der Waals surface area contributed by atoms with E-state index in [0.717, 1.165) is 22.3 Å². The van der Waals surface area contributed by atoms with Crippen LogP contribution in [0.15, 0.2) is 110 Å². The second kappa shape index (κ2) is 23.4. The molecule has 2 fully saturated rings. The minimum absolute atomic E-state index is 0.0316. The summed E-state index contributed by atoms with van der Waals surface area (Å²) in [7, 11) is -4.62. The van der Waals surface area contributed by atoms with Gasteiger partial charge in [0.25, 0.3) is 11.1 Å². The largest absolute Gasteiger partial charge is 0.497 e. The van der Waals surface area contributed by atoms with Gasteiger partial charge in [-0.25, -0.2) is 9.59 Å². The number of nitrogens with one attached hydrogen (secondary N) is 2. The van der Waals surface area contributed by atoms with Crippen LogP contribution in [0.2, 0.25) is 0 Å². The molecule has 5 unspecified atom stereocenters. The van der Waals surface area contributed by atoms with E-state index in [0.29, 0.717) is 5.75 Å². The Balaban J connectivity index is 1.22. The van der Waals surface area contributed by atoms with E-state index in [-0.39, 0.29) is 63.2 Å². The van der Waals surface area contributed by atoms with Crippen molar-refractivity contribution in [3.63, 3.8) is 0 Å². The van der Waals surface area contributed by atoms with Gasteiger partial charge in [0.05, 0.1) is 70.7 Å². The van der Waals surface area contributed by atoms with Gasteiger partial charge in [0.15, 0.2) is 0 Å². The summed E-state index contributed by atoms with van der Waals surface area (Å²) in [5.41, 5.74) is 0.1000. The Kier molecular flexibility index (Phi) is 17.4. The van der Waals surface area contributed by atoms with Gasteiger partial charge in [-0.3, -0.25) is 33.3 Å². The molecule has 70 heavy (non-hydrogen) atoms. The van der Waals surface area contributed by atoms with Crippen molar-refractivity contribution in [3.8, 4) is 17.9 Å². The number of nitrogens with zero attached hydrogens (tertiary/aromatic N) is 4. The van der Waals surface area contributed by atoms with Crippen LogP contribution in [-0.2, 0) is 47.0 Å². The van der Waals surface area contributed by atoms with Crippen LogP contribution in [0.3, 0.4) is 0 Å². The van der Waals surface area contributed by atoms with Gasteiger partial charge in [-0.15, -0.1) is 0 Å². The lowest BCUT2D eigenvalue weighted by Gasteiger charge is -2.37. The fourth-order valence-electron chi connectivity index (χ4n) is 8.15. The number of H-pyrrole nitrogens is 2. The predicted octanol–water partition coefficient (Wildman–Crippen LogP) is 6.30. The van der Waals surface area contributed by atoms with Crippen LogP contribution in [0, 0.1) is 43.4 Å². The van der Waals surface area contributed by atoms with Gasteiger partial charge in [0, 0.05) is 43.0 Å². The first-order valence-corrected chi connectivity index (χ1v) is 25.5. The predicted molar refractivity (Wildman–Crippen MR) is 254 cm³/mol. The summed E-state index contributed by atoms with van der Waals surface area (Å²) in [5.74, 6) is 0.640. The summed E-state index contributed by atoms with van der Waals surface area (Å²) < 4.78 is 72.2. The Morgan fingerprint density at radius 2 is 1.26 bits per heavy atom. The lowest BCUT2D eigenvalue weighted by Crippen LogP contribution is -2.38. The molecule has 0 amide bonds. The molecule has 370 valence electrons. The molecule has 0 radical (unpaired) electrons. The molecule has 0 saturated carbocycles. The number of hydrogen-bond donors (Lipinski definition) is 2. The molecule has 2 aliphatic rings. The Labute approximate surface area is 404 Å². The first-order valence-electron chi connectivity index (χ1n) is 22.4. The Morgan fingerprint density at radius 3 is 1.83 bits per heavy atom. The van der Waals surface area contributed by atoms with Crippen LogP contribution in [0.1, 0.15) is 71.5 Å². The third-order valence-electron chi connectivity index (χ3n) is 11.7. The summed E-state index contributed by atoms with van der Waals surface area (Å²) in [6.45, 7) is 5.60. The van der Waals surface area contributed by atoms with Crippen molar-refractivity contribution in [3.05, 3.63) is 166 Å². The molecule has 2 N–H and O–H groups in total. The van der Waals surface area contributed by atoms with Crippen molar-refractivity contribution >= 4 is 16.2 Å². The summed E-state index contributed by atoms with van der Waals surface area (Å²) in [5, 5.41) is 18.5. The summed E-state index contributed by atoms with van der Waals surface area (Å²) in [6, 6.07) is 29.2. The van der Waals surface area contributed by atoms with E-state index in [2.05, 4.69) is 9.97 Å². The second-order valence-corrected chi connectivity index (χ2v) is 19.9. The number of rotatable bonds is 22. The molecule has 0 aliphatic carbocycles. The zero-order chi connectivity index (χ0) is 50.0. The van der Waals surface area contributed by atoms with Gasteiger partial charge in [0.1, 0.15) is 36.0 Å². The molecular weight excluding hydrogens is 947 g/mol. The molecule has 22 heteroatoms. The normalized spacial score (nSPS) is 22.1. The van der Waals surface area contributed by atoms with Crippen LogP contribution in [0.25, 0.3) is 0 Å². The second-order valence-electron chi connectivity index (χ2n) is 16.7. The molecule has 7 rings (SSSR count). The fourth-order valence-corrected chi connectivity index (χ4v) is 10.5. The number of benzene rings is 3. The van der Waals surface area contributed by atoms with E-state index in [1.54, 1.807) is 14.0 Å².